The van der Waals surface area contributed by atoms with Crippen molar-refractivity contribution in [3.05, 3.63) is 156 Å². The Kier molecular flexibility index (Phi) is 41.1. The lowest BCUT2D eigenvalue weighted by molar-refractivity contribution is -0.274. The molecule has 85 heavy (non-hydrogen) atoms. The summed E-state index contributed by atoms with van der Waals surface area (Å²) in [7, 11) is 0. The van der Waals surface area contributed by atoms with E-state index >= 15 is 0 Å². The smallest absolute Gasteiger partial charge is 0.220 e. The second kappa shape index (κ2) is 48.8. The van der Waals surface area contributed by atoms with Crippen molar-refractivity contribution in [3.8, 4) is 0 Å². The van der Waals surface area contributed by atoms with Crippen LogP contribution in [-0.4, -0.2) is 60.3 Å². The molecule has 4 aromatic carbocycles. The van der Waals surface area contributed by atoms with Gasteiger partial charge in [-0.15, -0.1) is 0 Å². The fraction of sp³-hybridized carbons (Fsp3) is 0.649. The second-order valence-corrected chi connectivity index (χ2v) is 24.8. The third-order valence-electron chi connectivity index (χ3n) is 17.3. The van der Waals surface area contributed by atoms with E-state index in [1.54, 1.807) is 0 Å². The minimum atomic E-state index is -0.941. The molecule has 2 N–H and O–H groups in total. The summed E-state index contributed by atoms with van der Waals surface area (Å²) in [6.07, 6.45) is 45.1. The van der Waals surface area contributed by atoms with E-state index < -0.39 is 42.7 Å². The van der Waals surface area contributed by atoms with Gasteiger partial charge in [0.05, 0.1) is 51.3 Å². The number of hydrogen-bond donors (Lipinski definition) is 2. The molecule has 1 amide bonds. The summed E-state index contributed by atoms with van der Waals surface area (Å²) >= 11 is 0. The first kappa shape index (κ1) is 71.6. The SMILES string of the molecule is CCCCCCCCCCCC/C=C/[C@@H](O)[C@H](C[C@H]1O[C@H](COCc2ccccc2)[C@H](OCc2ccccc2)[C@H](OCc2ccccc2)[C@H]1OCc1ccccc1)NC(=O)CCCCCCCCCCCCCCCCCCCCCCCCC. The number of carbonyl (C=O) groups excluding carboxylic acids is 1. The van der Waals surface area contributed by atoms with Crippen LogP contribution >= 0.6 is 0 Å². The average molecular weight is 1170 g/mol. The Bertz CT molecular complexity index is 2160. The molecule has 1 heterocycles. The van der Waals surface area contributed by atoms with E-state index in [9.17, 15) is 9.90 Å². The quantitative estimate of drug-likeness (QED) is 0.0336. The lowest BCUT2D eigenvalue weighted by Crippen LogP contribution is -2.62. The van der Waals surface area contributed by atoms with Gasteiger partial charge in [0.2, 0.25) is 5.91 Å². The highest BCUT2D eigenvalue weighted by Gasteiger charge is 2.49. The average Bonchev–Trinajstić information content (AvgIpc) is 3.42. The molecule has 4 aromatic rings. The predicted molar refractivity (Wildman–Crippen MR) is 354 cm³/mol. The Hall–Kier alpha value is -4.15. The maximum Gasteiger partial charge on any atom is 0.220 e. The van der Waals surface area contributed by atoms with Crippen molar-refractivity contribution in [3.63, 3.8) is 0 Å². The van der Waals surface area contributed by atoms with E-state index in [0.717, 1.165) is 54.4 Å². The lowest BCUT2D eigenvalue weighted by Gasteiger charge is -2.47. The van der Waals surface area contributed by atoms with Crippen LogP contribution in [0, 0.1) is 0 Å². The number of ether oxygens (including phenoxy) is 5. The number of nitrogens with one attached hydrogen (secondary N) is 1. The van der Waals surface area contributed by atoms with Crippen LogP contribution in [0.4, 0.5) is 0 Å². The molecule has 0 aromatic heterocycles. The largest absolute Gasteiger partial charge is 0.387 e. The van der Waals surface area contributed by atoms with Gasteiger partial charge in [-0.25, -0.2) is 0 Å². The first-order chi connectivity index (χ1) is 42.0. The Balaban J connectivity index is 1.20. The molecule has 0 saturated carbocycles. The number of amides is 1. The van der Waals surface area contributed by atoms with Crippen LogP contribution < -0.4 is 5.32 Å². The van der Waals surface area contributed by atoms with E-state index in [0.29, 0.717) is 39.3 Å². The van der Waals surface area contributed by atoms with E-state index in [-0.39, 0.29) is 12.5 Å². The highest BCUT2D eigenvalue weighted by molar-refractivity contribution is 5.76. The molecule has 474 valence electrons. The number of unbranched alkanes of at least 4 members (excludes halogenated alkanes) is 32. The standard InChI is InChI=1S/C77H119NO7/c1-3-5-7-9-11-13-15-17-18-19-20-21-22-23-24-25-26-27-29-31-33-35-49-59-74(80)78-70(71(79)58-48-34-32-30-28-16-14-12-10-8-6-4-2)60-72-75(82-62-67-52-42-37-43-53-67)77(84-64-69-56-46-39-47-57-69)76(83-63-68-54-44-38-45-55-68)73(85-72)65-81-61-66-50-40-36-41-51-66/h36-48,50-58,70-73,75-77,79H,3-35,49,59-65H2,1-2H3,(H,78,80)/b58-48+/t70-,71+,72+,73+,75-,76-,77+/m0/s1. The first-order valence-electron chi connectivity index (χ1n) is 34.9. The van der Waals surface area contributed by atoms with E-state index in [2.05, 4.69) is 73.8 Å². The topological polar surface area (TPSA) is 95.5 Å². The van der Waals surface area contributed by atoms with Gasteiger partial charge in [0, 0.05) is 6.42 Å². The Labute approximate surface area is 518 Å². The van der Waals surface area contributed by atoms with Gasteiger partial charge in [0.25, 0.3) is 0 Å². The summed E-state index contributed by atoms with van der Waals surface area (Å²) in [5.41, 5.74) is 4.15. The zero-order valence-electron chi connectivity index (χ0n) is 53.6. The minimum Gasteiger partial charge on any atom is -0.387 e. The molecule has 1 aliphatic heterocycles. The van der Waals surface area contributed by atoms with Crippen molar-refractivity contribution in [1.29, 1.82) is 0 Å². The van der Waals surface area contributed by atoms with Gasteiger partial charge in [-0.05, 0) is 47.9 Å². The maximum atomic E-state index is 14.1. The van der Waals surface area contributed by atoms with E-state index in [4.69, 9.17) is 23.7 Å². The zero-order valence-corrected chi connectivity index (χ0v) is 53.6. The molecule has 5 rings (SSSR count). The van der Waals surface area contributed by atoms with Crippen LogP contribution in [-0.2, 0) is 54.9 Å². The van der Waals surface area contributed by atoms with Crippen LogP contribution in [0.1, 0.15) is 267 Å². The maximum absolute atomic E-state index is 14.1. The van der Waals surface area contributed by atoms with Crippen molar-refractivity contribution < 1.29 is 33.6 Å². The second-order valence-electron chi connectivity index (χ2n) is 24.8. The van der Waals surface area contributed by atoms with Gasteiger partial charge in [0.15, 0.2) is 0 Å². The Morgan fingerprint density at radius 1 is 0.435 bits per heavy atom. The van der Waals surface area contributed by atoms with Crippen LogP contribution in [0.25, 0.3) is 0 Å². The normalized spacial score (nSPS) is 17.8. The Morgan fingerprint density at radius 3 is 1.15 bits per heavy atom. The number of benzene rings is 4. The summed E-state index contributed by atoms with van der Waals surface area (Å²) in [5.74, 6) is -0.0445. The zero-order chi connectivity index (χ0) is 59.7. The number of aliphatic hydroxyl groups is 1. The molecular weight excluding hydrogens is 1050 g/mol. The Morgan fingerprint density at radius 2 is 0.765 bits per heavy atom. The van der Waals surface area contributed by atoms with Crippen molar-refractivity contribution >= 4 is 5.91 Å². The van der Waals surface area contributed by atoms with Crippen LogP contribution in [0.3, 0.4) is 0 Å². The molecule has 0 aliphatic carbocycles. The van der Waals surface area contributed by atoms with Crippen LogP contribution in [0.5, 0.6) is 0 Å². The molecule has 8 heteroatoms. The summed E-state index contributed by atoms with van der Waals surface area (Å²) in [5, 5.41) is 15.6. The fourth-order valence-corrected chi connectivity index (χ4v) is 12.1. The number of hydrogen-bond acceptors (Lipinski definition) is 7. The third kappa shape index (κ3) is 33.7. The molecule has 0 radical (unpaired) electrons. The van der Waals surface area contributed by atoms with Gasteiger partial charge in [-0.3, -0.25) is 4.79 Å². The van der Waals surface area contributed by atoms with Gasteiger partial charge >= 0.3 is 0 Å². The lowest BCUT2D eigenvalue weighted by atomic mass is 9.89. The highest BCUT2D eigenvalue weighted by Crippen LogP contribution is 2.34. The molecule has 1 fully saturated rings. The van der Waals surface area contributed by atoms with Gasteiger partial charge in [-0.2, -0.15) is 0 Å². The van der Waals surface area contributed by atoms with Crippen molar-refractivity contribution in [1.82, 2.24) is 5.32 Å². The van der Waals surface area contributed by atoms with Crippen LogP contribution in [0.2, 0.25) is 0 Å². The van der Waals surface area contributed by atoms with Crippen molar-refractivity contribution in [2.24, 2.45) is 0 Å². The summed E-state index contributed by atoms with van der Waals surface area (Å²) in [6.45, 7) is 6.19. The molecular formula is C77H119NO7. The number of carbonyl (C=O) groups is 1. The third-order valence-corrected chi connectivity index (χ3v) is 17.3. The summed E-state index contributed by atoms with van der Waals surface area (Å²) in [6, 6.07) is 40.1. The van der Waals surface area contributed by atoms with Crippen LogP contribution in [0.15, 0.2) is 133 Å². The minimum absolute atomic E-state index is 0.0445. The van der Waals surface area contributed by atoms with E-state index in [1.165, 1.54) is 186 Å². The molecule has 8 nitrogen and oxygen atoms in total. The molecule has 0 bridgehead atoms. The fourth-order valence-electron chi connectivity index (χ4n) is 12.1. The predicted octanol–water partition coefficient (Wildman–Crippen LogP) is 20.2. The van der Waals surface area contributed by atoms with Crippen molar-refractivity contribution in [2.75, 3.05) is 6.61 Å². The monoisotopic (exact) mass is 1170 g/mol. The number of allylic oxidation sites excluding steroid dienone is 1. The summed E-state index contributed by atoms with van der Waals surface area (Å²) < 4.78 is 34.9. The van der Waals surface area contributed by atoms with Gasteiger partial charge < -0.3 is 34.1 Å². The molecule has 1 saturated heterocycles. The van der Waals surface area contributed by atoms with E-state index in [1.807, 2.05) is 78.9 Å². The number of rotatable bonds is 53. The number of aliphatic hydroxyl groups excluding tert-OH is 1. The van der Waals surface area contributed by atoms with Gasteiger partial charge in [0.1, 0.15) is 24.4 Å². The highest BCUT2D eigenvalue weighted by atomic mass is 16.6. The first-order valence-corrected chi connectivity index (χ1v) is 34.9. The molecule has 1 aliphatic rings. The molecule has 7 atom stereocenters. The van der Waals surface area contributed by atoms with Crippen molar-refractivity contribution in [2.45, 2.75) is 314 Å². The summed E-state index contributed by atoms with van der Waals surface area (Å²) in [4.78, 5) is 14.1. The van der Waals surface area contributed by atoms with Gasteiger partial charge in [-0.1, -0.05) is 346 Å². The molecule has 0 unspecified atom stereocenters. The molecule has 0 spiro atoms.